The van der Waals surface area contributed by atoms with Crippen LogP contribution < -0.4 is 5.14 Å². The lowest BCUT2D eigenvalue weighted by molar-refractivity contribution is 0.478. The van der Waals surface area contributed by atoms with Gasteiger partial charge in [-0.1, -0.05) is 6.08 Å². The number of rotatable bonds is 1. The van der Waals surface area contributed by atoms with E-state index in [0.717, 1.165) is 17.1 Å². The third-order valence-corrected chi connectivity index (χ3v) is 2.31. The molecule has 0 spiro atoms. The lowest BCUT2D eigenvalue weighted by atomic mass is 10.2. The zero-order valence-corrected chi connectivity index (χ0v) is 6.34. The fraction of sp³-hybridized carbons (Fsp3) is 0.600. The second-order valence-electron chi connectivity index (χ2n) is 2.18. The fourth-order valence-electron chi connectivity index (χ4n) is 0.844. The molecule has 0 saturated heterocycles. The van der Waals surface area contributed by atoms with E-state index in [4.69, 9.17) is 5.14 Å². The van der Waals surface area contributed by atoms with Gasteiger partial charge in [-0.3, -0.25) is 4.31 Å². The molecule has 1 rings (SSSR count). The number of hydrogen-bond acceptors (Lipinski definition) is 2. The van der Waals surface area contributed by atoms with Gasteiger partial charge in [0.05, 0.1) is 0 Å². The molecule has 0 saturated carbocycles. The van der Waals surface area contributed by atoms with Crippen molar-refractivity contribution in [2.45, 2.75) is 12.8 Å². The van der Waals surface area contributed by atoms with Crippen LogP contribution in [0.5, 0.6) is 0 Å². The largest absolute Gasteiger partial charge is 0.298 e. The molecule has 0 aliphatic carbocycles. The Kier molecular flexibility index (Phi) is 1.96. The first kappa shape index (κ1) is 7.56. The molecular formula is C5H10N2O2S. The van der Waals surface area contributed by atoms with E-state index in [1.807, 2.05) is 0 Å². The van der Waals surface area contributed by atoms with Gasteiger partial charge in [0.1, 0.15) is 0 Å². The van der Waals surface area contributed by atoms with E-state index in [-0.39, 0.29) is 0 Å². The Morgan fingerprint density at radius 1 is 1.50 bits per heavy atom. The normalized spacial score (nSPS) is 19.5. The number of allylic oxidation sites excluding steroid dienone is 1. The molecule has 58 valence electrons. The first-order valence-corrected chi connectivity index (χ1v) is 4.57. The van der Waals surface area contributed by atoms with Crippen LogP contribution in [0, 0.1) is 0 Å². The minimum absolute atomic E-state index is 0.509. The van der Waals surface area contributed by atoms with Gasteiger partial charge in [-0.25, -0.2) is 5.14 Å². The maximum Gasteiger partial charge on any atom is 0.298 e. The quantitative estimate of drug-likeness (QED) is 0.580. The molecule has 5 heteroatoms. The highest BCUT2D eigenvalue weighted by atomic mass is 32.2. The van der Waals surface area contributed by atoms with Crippen LogP contribution in [0.2, 0.25) is 0 Å². The summed E-state index contributed by atoms with van der Waals surface area (Å²) >= 11 is 0. The van der Waals surface area contributed by atoms with Crippen molar-refractivity contribution < 1.29 is 8.42 Å². The van der Waals surface area contributed by atoms with Crippen molar-refractivity contribution in [1.82, 2.24) is 4.31 Å². The van der Waals surface area contributed by atoms with E-state index < -0.39 is 10.2 Å². The SMILES string of the molecule is NS(=O)(=O)N1C=CCCC1. The minimum Gasteiger partial charge on any atom is -0.265 e. The standard InChI is InChI=1S/C5H10N2O2S/c6-10(8,9)7-4-2-1-3-5-7/h2,4H,1,3,5H2,(H2,6,8,9). The van der Waals surface area contributed by atoms with Crippen LogP contribution in [-0.4, -0.2) is 19.3 Å². The number of nitrogens with two attached hydrogens (primary N) is 1. The smallest absolute Gasteiger partial charge is 0.265 e. The van der Waals surface area contributed by atoms with Gasteiger partial charge >= 0.3 is 0 Å². The summed E-state index contributed by atoms with van der Waals surface area (Å²) in [4.78, 5) is 0. The van der Waals surface area contributed by atoms with Crippen LogP contribution in [0.15, 0.2) is 12.3 Å². The molecule has 4 nitrogen and oxygen atoms in total. The number of nitrogens with zero attached hydrogens (tertiary/aromatic N) is 1. The summed E-state index contributed by atoms with van der Waals surface area (Å²) in [6.07, 6.45) is 5.10. The molecule has 0 bridgehead atoms. The second kappa shape index (κ2) is 2.59. The molecule has 10 heavy (non-hydrogen) atoms. The van der Waals surface area contributed by atoms with E-state index >= 15 is 0 Å². The second-order valence-corrected chi connectivity index (χ2v) is 3.68. The van der Waals surface area contributed by atoms with E-state index in [9.17, 15) is 8.42 Å². The summed E-state index contributed by atoms with van der Waals surface area (Å²) in [7, 11) is -3.48. The lowest BCUT2D eigenvalue weighted by Crippen LogP contribution is -2.34. The van der Waals surface area contributed by atoms with Gasteiger partial charge in [0.2, 0.25) is 0 Å². The summed E-state index contributed by atoms with van der Waals surface area (Å²) in [5.74, 6) is 0. The molecule has 1 heterocycles. The maximum atomic E-state index is 10.6. The van der Waals surface area contributed by atoms with Gasteiger partial charge in [-0.05, 0) is 12.8 Å². The predicted octanol–water partition coefficient (Wildman–Crippen LogP) is -0.201. The molecule has 1 aliphatic rings. The van der Waals surface area contributed by atoms with Gasteiger partial charge < -0.3 is 0 Å². The van der Waals surface area contributed by atoms with Crippen LogP contribution in [0.4, 0.5) is 0 Å². The minimum atomic E-state index is -3.48. The van der Waals surface area contributed by atoms with Crippen molar-refractivity contribution in [3.8, 4) is 0 Å². The van der Waals surface area contributed by atoms with Crippen LogP contribution in [0.25, 0.3) is 0 Å². The Morgan fingerprint density at radius 2 is 2.20 bits per heavy atom. The molecule has 0 aromatic heterocycles. The zero-order chi connectivity index (χ0) is 7.61. The van der Waals surface area contributed by atoms with Crippen molar-refractivity contribution in [3.05, 3.63) is 12.3 Å². The third-order valence-electron chi connectivity index (χ3n) is 1.35. The molecule has 0 aromatic rings. The monoisotopic (exact) mass is 162 g/mol. The van der Waals surface area contributed by atoms with Gasteiger partial charge in [-0.15, -0.1) is 0 Å². The average molecular weight is 162 g/mol. The third kappa shape index (κ3) is 1.71. The molecule has 0 fully saturated rings. The Bertz CT molecular complexity index is 232. The van der Waals surface area contributed by atoms with E-state index in [2.05, 4.69) is 0 Å². The van der Waals surface area contributed by atoms with Gasteiger partial charge in [0.15, 0.2) is 0 Å². The Hall–Kier alpha value is -0.550. The van der Waals surface area contributed by atoms with Crippen molar-refractivity contribution in [3.63, 3.8) is 0 Å². The van der Waals surface area contributed by atoms with Crippen molar-refractivity contribution in [2.24, 2.45) is 5.14 Å². The zero-order valence-electron chi connectivity index (χ0n) is 5.53. The lowest BCUT2D eigenvalue weighted by Gasteiger charge is -2.19. The Balaban J connectivity index is 2.74. The highest BCUT2D eigenvalue weighted by molar-refractivity contribution is 7.86. The molecule has 0 unspecified atom stereocenters. The highest BCUT2D eigenvalue weighted by Gasteiger charge is 2.13. The van der Waals surface area contributed by atoms with Gasteiger partial charge in [0, 0.05) is 12.7 Å². The molecule has 0 amide bonds. The fourth-order valence-corrected chi connectivity index (χ4v) is 1.48. The van der Waals surface area contributed by atoms with Crippen molar-refractivity contribution in [1.29, 1.82) is 0 Å². The van der Waals surface area contributed by atoms with Crippen molar-refractivity contribution in [2.75, 3.05) is 6.54 Å². The first-order valence-electron chi connectivity index (χ1n) is 3.07. The van der Waals surface area contributed by atoms with Gasteiger partial charge in [-0.2, -0.15) is 8.42 Å². The topological polar surface area (TPSA) is 63.4 Å². The molecule has 0 radical (unpaired) electrons. The Morgan fingerprint density at radius 3 is 2.50 bits per heavy atom. The summed E-state index contributed by atoms with van der Waals surface area (Å²) in [6.45, 7) is 0.509. The van der Waals surface area contributed by atoms with E-state index in [1.54, 1.807) is 6.08 Å². The molecule has 0 atom stereocenters. The molecule has 0 aromatic carbocycles. The van der Waals surface area contributed by atoms with Crippen LogP contribution in [-0.2, 0) is 10.2 Å². The van der Waals surface area contributed by atoms with Crippen LogP contribution >= 0.6 is 0 Å². The van der Waals surface area contributed by atoms with Crippen LogP contribution in [0.3, 0.4) is 0 Å². The average Bonchev–Trinajstić information content (AvgIpc) is 1.88. The first-order chi connectivity index (χ1) is 4.61. The maximum absolute atomic E-state index is 10.6. The summed E-state index contributed by atoms with van der Waals surface area (Å²) in [5, 5.41) is 4.86. The summed E-state index contributed by atoms with van der Waals surface area (Å²) in [5.41, 5.74) is 0. The molecule has 2 N–H and O–H groups in total. The Labute approximate surface area is 60.5 Å². The van der Waals surface area contributed by atoms with Crippen molar-refractivity contribution >= 4 is 10.2 Å². The highest BCUT2D eigenvalue weighted by Crippen LogP contribution is 2.07. The van der Waals surface area contributed by atoms with Crippen LogP contribution in [0.1, 0.15) is 12.8 Å². The van der Waals surface area contributed by atoms with E-state index in [1.165, 1.54) is 6.20 Å². The van der Waals surface area contributed by atoms with E-state index in [0.29, 0.717) is 6.54 Å². The molecule has 1 aliphatic heterocycles. The molecular weight excluding hydrogens is 152 g/mol. The number of hydrogen-bond donors (Lipinski definition) is 1. The summed E-state index contributed by atoms with van der Waals surface area (Å²) in [6, 6.07) is 0. The van der Waals surface area contributed by atoms with Gasteiger partial charge in [0.25, 0.3) is 10.2 Å². The summed E-state index contributed by atoms with van der Waals surface area (Å²) < 4.78 is 22.4. The predicted molar refractivity (Wildman–Crippen MR) is 38.2 cm³/mol.